The summed E-state index contributed by atoms with van der Waals surface area (Å²) >= 11 is 5.19. The second-order valence-electron chi connectivity index (χ2n) is 5.90. The highest BCUT2D eigenvalue weighted by Gasteiger charge is 2.24. The first-order valence-electron chi connectivity index (χ1n) is 7.15. The van der Waals surface area contributed by atoms with Crippen LogP contribution in [0.5, 0.6) is 0 Å². The summed E-state index contributed by atoms with van der Waals surface area (Å²) in [5, 5.41) is 0. The predicted octanol–water partition coefficient (Wildman–Crippen LogP) is 3.50. The molecule has 1 fully saturated rings. The van der Waals surface area contributed by atoms with Crippen LogP contribution in [0.15, 0.2) is 18.2 Å². The number of hydrogen-bond donors (Lipinski definition) is 1. The van der Waals surface area contributed by atoms with Crippen molar-refractivity contribution in [3.63, 3.8) is 0 Å². The van der Waals surface area contributed by atoms with Gasteiger partial charge in [-0.05, 0) is 43.2 Å². The SMILES string of the molecule is Cc1cccc(C(N)=S)c1N1CCC(C(C)C)CC1. The van der Waals surface area contributed by atoms with Gasteiger partial charge in [-0.2, -0.15) is 0 Å². The Kier molecular flexibility index (Phi) is 4.46. The quantitative estimate of drug-likeness (QED) is 0.857. The van der Waals surface area contributed by atoms with Gasteiger partial charge in [-0.25, -0.2) is 0 Å². The Hall–Kier alpha value is -1.09. The molecule has 1 aliphatic heterocycles. The molecule has 2 N–H and O–H groups in total. The third-order valence-electron chi connectivity index (χ3n) is 4.30. The topological polar surface area (TPSA) is 29.3 Å². The molecule has 0 radical (unpaired) electrons. The van der Waals surface area contributed by atoms with E-state index >= 15 is 0 Å². The maximum absolute atomic E-state index is 5.87. The standard InChI is InChI=1S/C16H24N2S/c1-11(2)13-7-9-18(10-8-13)15-12(3)5-4-6-14(15)16(17)19/h4-6,11,13H,7-10H2,1-3H3,(H2,17,19). The van der Waals surface area contributed by atoms with Crippen LogP contribution in [0.1, 0.15) is 37.8 Å². The van der Waals surface area contributed by atoms with Crippen molar-refractivity contribution >= 4 is 22.9 Å². The number of rotatable bonds is 3. The highest BCUT2D eigenvalue weighted by molar-refractivity contribution is 7.80. The first kappa shape index (κ1) is 14.3. The van der Waals surface area contributed by atoms with Crippen LogP contribution in [0.4, 0.5) is 5.69 Å². The van der Waals surface area contributed by atoms with E-state index in [9.17, 15) is 0 Å². The second kappa shape index (κ2) is 5.91. The predicted molar refractivity (Wildman–Crippen MR) is 86.8 cm³/mol. The van der Waals surface area contributed by atoms with Crippen molar-refractivity contribution in [3.8, 4) is 0 Å². The smallest absolute Gasteiger partial charge is 0.106 e. The summed E-state index contributed by atoms with van der Waals surface area (Å²) < 4.78 is 0. The molecule has 1 heterocycles. The zero-order chi connectivity index (χ0) is 14.0. The minimum Gasteiger partial charge on any atom is -0.389 e. The lowest BCUT2D eigenvalue weighted by Gasteiger charge is -2.37. The Morgan fingerprint density at radius 3 is 2.47 bits per heavy atom. The number of benzene rings is 1. The molecule has 1 saturated heterocycles. The minimum atomic E-state index is 0.504. The van der Waals surface area contributed by atoms with E-state index in [1.165, 1.54) is 24.1 Å². The van der Waals surface area contributed by atoms with E-state index in [1.807, 2.05) is 12.1 Å². The zero-order valence-corrected chi connectivity index (χ0v) is 13.0. The van der Waals surface area contributed by atoms with Gasteiger partial charge in [-0.1, -0.05) is 38.2 Å². The normalized spacial score (nSPS) is 16.9. The van der Waals surface area contributed by atoms with E-state index in [-0.39, 0.29) is 0 Å². The molecule has 0 saturated carbocycles. The van der Waals surface area contributed by atoms with Gasteiger partial charge in [0, 0.05) is 24.3 Å². The molecule has 0 unspecified atom stereocenters. The minimum absolute atomic E-state index is 0.504. The molecule has 3 heteroatoms. The van der Waals surface area contributed by atoms with Crippen LogP contribution >= 0.6 is 12.2 Å². The van der Waals surface area contributed by atoms with Gasteiger partial charge in [0.25, 0.3) is 0 Å². The Bertz CT molecular complexity index is 460. The summed E-state index contributed by atoms with van der Waals surface area (Å²) in [5.74, 6) is 1.64. The maximum Gasteiger partial charge on any atom is 0.106 e. The van der Waals surface area contributed by atoms with Gasteiger partial charge in [0.2, 0.25) is 0 Å². The van der Waals surface area contributed by atoms with Crippen molar-refractivity contribution in [3.05, 3.63) is 29.3 Å². The van der Waals surface area contributed by atoms with Crippen molar-refractivity contribution in [2.45, 2.75) is 33.6 Å². The third-order valence-corrected chi connectivity index (χ3v) is 4.52. The largest absolute Gasteiger partial charge is 0.389 e. The van der Waals surface area contributed by atoms with Crippen LogP contribution < -0.4 is 10.6 Å². The number of aryl methyl sites for hydroxylation is 1. The zero-order valence-electron chi connectivity index (χ0n) is 12.1. The van der Waals surface area contributed by atoms with Crippen LogP contribution in [0.2, 0.25) is 0 Å². The highest BCUT2D eigenvalue weighted by Crippen LogP contribution is 2.31. The summed E-state index contributed by atoms with van der Waals surface area (Å²) in [6.45, 7) is 9.03. The van der Waals surface area contributed by atoms with E-state index < -0.39 is 0 Å². The monoisotopic (exact) mass is 276 g/mol. The molecule has 0 aromatic heterocycles. The molecule has 1 aromatic rings. The third kappa shape index (κ3) is 3.08. The molecule has 2 rings (SSSR count). The molecular formula is C16H24N2S. The summed E-state index contributed by atoms with van der Waals surface area (Å²) in [4.78, 5) is 2.97. The number of para-hydroxylation sites is 1. The molecular weight excluding hydrogens is 252 g/mol. The lowest BCUT2D eigenvalue weighted by molar-refractivity contribution is 0.311. The van der Waals surface area contributed by atoms with E-state index in [0.717, 1.165) is 30.5 Å². The first-order chi connectivity index (χ1) is 9.00. The molecule has 19 heavy (non-hydrogen) atoms. The van der Waals surface area contributed by atoms with Crippen molar-refractivity contribution in [1.29, 1.82) is 0 Å². The highest BCUT2D eigenvalue weighted by atomic mass is 32.1. The van der Waals surface area contributed by atoms with Crippen LogP contribution in [-0.4, -0.2) is 18.1 Å². The summed E-state index contributed by atoms with van der Waals surface area (Å²) in [6.07, 6.45) is 2.53. The van der Waals surface area contributed by atoms with Crippen LogP contribution in [-0.2, 0) is 0 Å². The molecule has 0 bridgehead atoms. The number of thiocarbonyl (C=S) groups is 1. The molecule has 0 atom stereocenters. The van der Waals surface area contributed by atoms with Crippen LogP contribution in [0.25, 0.3) is 0 Å². The number of piperidine rings is 1. The van der Waals surface area contributed by atoms with Crippen molar-refractivity contribution in [2.24, 2.45) is 17.6 Å². The van der Waals surface area contributed by atoms with Gasteiger partial charge in [0.05, 0.1) is 0 Å². The Morgan fingerprint density at radius 1 is 1.32 bits per heavy atom. The molecule has 0 spiro atoms. The molecule has 0 aliphatic carbocycles. The fourth-order valence-corrected chi connectivity index (χ4v) is 3.23. The van der Waals surface area contributed by atoms with E-state index in [2.05, 4.69) is 31.7 Å². The van der Waals surface area contributed by atoms with Gasteiger partial charge in [0.15, 0.2) is 0 Å². The molecule has 1 aliphatic rings. The van der Waals surface area contributed by atoms with E-state index in [1.54, 1.807) is 0 Å². The molecule has 2 nitrogen and oxygen atoms in total. The van der Waals surface area contributed by atoms with E-state index in [0.29, 0.717) is 4.99 Å². The summed E-state index contributed by atoms with van der Waals surface area (Å²) in [7, 11) is 0. The molecule has 1 aromatic carbocycles. The fourth-order valence-electron chi connectivity index (χ4n) is 3.07. The lowest BCUT2D eigenvalue weighted by Crippen LogP contribution is -2.36. The number of anilines is 1. The molecule has 0 amide bonds. The average molecular weight is 276 g/mol. The van der Waals surface area contributed by atoms with Gasteiger partial charge in [0.1, 0.15) is 4.99 Å². The number of nitrogens with zero attached hydrogens (tertiary/aromatic N) is 1. The first-order valence-corrected chi connectivity index (χ1v) is 7.56. The van der Waals surface area contributed by atoms with Crippen molar-refractivity contribution in [1.82, 2.24) is 0 Å². The summed E-state index contributed by atoms with van der Waals surface area (Å²) in [6, 6.07) is 6.22. The van der Waals surface area contributed by atoms with Crippen molar-refractivity contribution in [2.75, 3.05) is 18.0 Å². The van der Waals surface area contributed by atoms with Gasteiger partial charge < -0.3 is 10.6 Å². The van der Waals surface area contributed by atoms with Gasteiger partial charge in [-0.15, -0.1) is 0 Å². The Morgan fingerprint density at radius 2 is 1.95 bits per heavy atom. The fraction of sp³-hybridized carbons (Fsp3) is 0.562. The van der Waals surface area contributed by atoms with Gasteiger partial charge in [-0.3, -0.25) is 0 Å². The molecule has 104 valence electrons. The lowest BCUT2D eigenvalue weighted by atomic mass is 9.86. The number of hydrogen-bond acceptors (Lipinski definition) is 2. The van der Waals surface area contributed by atoms with Crippen LogP contribution in [0.3, 0.4) is 0 Å². The average Bonchev–Trinajstić information content (AvgIpc) is 2.38. The van der Waals surface area contributed by atoms with Crippen molar-refractivity contribution < 1.29 is 0 Å². The Labute approximate surface area is 122 Å². The number of nitrogens with two attached hydrogens (primary N) is 1. The van der Waals surface area contributed by atoms with E-state index in [4.69, 9.17) is 18.0 Å². The maximum atomic E-state index is 5.87. The van der Waals surface area contributed by atoms with Gasteiger partial charge >= 0.3 is 0 Å². The van der Waals surface area contributed by atoms with Crippen LogP contribution in [0, 0.1) is 18.8 Å². The summed E-state index contributed by atoms with van der Waals surface area (Å²) in [5.41, 5.74) is 9.42. The Balaban J connectivity index is 2.22. The second-order valence-corrected chi connectivity index (χ2v) is 6.34.